The molecule has 0 aliphatic carbocycles. The maximum absolute atomic E-state index is 6.11. The first-order chi connectivity index (χ1) is 10.2. The minimum absolute atomic E-state index is 0.601. The summed E-state index contributed by atoms with van der Waals surface area (Å²) in [6, 6.07) is 13.1. The summed E-state index contributed by atoms with van der Waals surface area (Å²) in [6.45, 7) is 3.23. The largest absolute Gasteiger partial charge is 0.494 e. The smallest absolute Gasteiger partial charge is 0.119 e. The van der Waals surface area contributed by atoms with Crippen LogP contribution in [0.15, 0.2) is 47.4 Å². The molecule has 2 aromatic rings. The number of thioether (sulfide) groups is 1. The van der Waals surface area contributed by atoms with Crippen LogP contribution in [0.3, 0.4) is 0 Å². The van der Waals surface area contributed by atoms with Crippen molar-refractivity contribution in [1.29, 1.82) is 0 Å². The Hall–Kier alpha value is -1.52. The van der Waals surface area contributed by atoms with Crippen LogP contribution < -0.4 is 15.2 Å². The third kappa shape index (κ3) is 5.06. The lowest BCUT2D eigenvalue weighted by molar-refractivity contribution is 0.332. The van der Waals surface area contributed by atoms with Crippen LogP contribution in [-0.2, 0) is 0 Å². The molecule has 2 rings (SSSR count). The predicted octanol–water partition coefficient (Wildman–Crippen LogP) is 4.49. The van der Waals surface area contributed by atoms with E-state index in [2.05, 4.69) is 0 Å². The highest BCUT2D eigenvalue weighted by atomic mass is 35.5. The molecule has 0 spiro atoms. The maximum Gasteiger partial charge on any atom is 0.119 e. The van der Waals surface area contributed by atoms with Crippen LogP contribution in [0, 0.1) is 0 Å². The van der Waals surface area contributed by atoms with E-state index >= 15 is 0 Å². The van der Waals surface area contributed by atoms with Crippen molar-refractivity contribution in [2.75, 3.05) is 24.7 Å². The van der Waals surface area contributed by atoms with Gasteiger partial charge in [-0.2, -0.15) is 0 Å². The Labute approximate surface area is 134 Å². The molecule has 0 atom stereocenters. The van der Waals surface area contributed by atoms with E-state index in [9.17, 15) is 0 Å². The van der Waals surface area contributed by atoms with Crippen LogP contribution >= 0.6 is 23.4 Å². The topological polar surface area (TPSA) is 44.5 Å². The van der Waals surface area contributed by atoms with Gasteiger partial charge in [-0.05, 0) is 49.4 Å². The average molecular weight is 324 g/mol. The Morgan fingerprint density at radius 2 is 1.71 bits per heavy atom. The van der Waals surface area contributed by atoms with E-state index in [0.29, 0.717) is 18.9 Å². The van der Waals surface area contributed by atoms with Crippen molar-refractivity contribution in [1.82, 2.24) is 0 Å². The van der Waals surface area contributed by atoms with Crippen molar-refractivity contribution in [2.45, 2.75) is 11.8 Å². The van der Waals surface area contributed by atoms with Crippen molar-refractivity contribution >= 4 is 29.1 Å². The van der Waals surface area contributed by atoms with Gasteiger partial charge in [-0.1, -0.05) is 11.6 Å². The molecule has 0 fully saturated rings. The molecule has 0 saturated carbocycles. The van der Waals surface area contributed by atoms with E-state index < -0.39 is 0 Å². The number of nitrogens with two attached hydrogens (primary N) is 1. The molecule has 0 aliphatic heterocycles. The van der Waals surface area contributed by atoms with Gasteiger partial charge in [0.05, 0.1) is 18.2 Å². The molecule has 2 N–H and O–H groups in total. The number of ether oxygens (including phenoxy) is 2. The van der Waals surface area contributed by atoms with Crippen molar-refractivity contribution in [3.63, 3.8) is 0 Å². The van der Waals surface area contributed by atoms with Crippen LogP contribution in [0.2, 0.25) is 5.02 Å². The fourth-order valence-corrected chi connectivity index (χ4v) is 2.83. The lowest BCUT2D eigenvalue weighted by Crippen LogP contribution is -2.00. The molecule has 0 amide bonds. The zero-order valence-electron chi connectivity index (χ0n) is 11.8. The van der Waals surface area contributed by atoms with E-state index in [1.54, 1.807) is 17.8 Å². The van der Waals surface area contributed by atoms with Crippen LogP contribution in [0.5, 0.6) is 11.5 Å². The summed E-state index contributed by atoms with van der Waals surface area (Å²) >= 11 is 7.74. The lowest BCUT2D eigenvalue weighted by atomic mass is 10.3. The van der Waals surface area contributed by atoms with Gasteiger partial charge < -0.3 is 15.2 Å². The standard InChI is InChI=1S/C16H18ClNO2S/c1-2-19-13-4-6-14(7-5-13)20-9-10-21-16-11-12(18)3-8-15(16)17/h3-8,11H,2,9-10,18H2,1H3. The van der Waals surface area contributed by atoms with Gasteiger partial charge in [0, 0.05) is 16.3 Å². The summed E-state index contributed by atoms with van der Waals surface area (Å²) in [5.41, 5.74) is 6.46. The monoisotopic (exact) mass is 323 g/mol. The van der Waals surface area contributed by atoms with Gasteiger partial charge >= 0.3 is 0 Å². The first kappa shape index (κ1) is 15.9. The molecule has 0 radical (unpaired) electrons. The van der Waals surface area contributed by atoms with Gasteiger partial charge in [0.2, 0.25) is 0 Å². The zero-order chi connectivity index (χ0) is 15.1. The Balaban J connectivity index is 1.77. The highest BCUT2D eigenvalue weighted by Gasteiger charge is 2.02. The third-order valence-electron chi connectivity index (χ3n) is 2.70. The Bertz CT molecular complexity index is 575. The van der Waals surface area contributed by atoms with Crippen LogP contribution in [0.25, 0.3) is 0 Å². The lowest BCUT2D eigenvalue weighted by Gasteiger charge is -2.08. The molecule has 0 saturated heterocycles. The quantitative estimate of drug-likeness (QED) is 0.463. The van der Waals surface area contributed by atoms with E-state index in [1.165, 1.54) is 0 Å². The van der Waals surface area contributed by atoms with Gasteiger partial charge in [0.15, 0.2) is 0 Å². The molecule has 0 bridgehead atoms. The number of rotatable bonds is 7. The minimum Gasteiger partial charge on any atom is -0.494 e. The molecule has 0 aromatic heterocycles. The molecule has 3 nitrogen and oxygen atoms in total. The second kappa shape index (κ2) is 8.05. The maximum atomic E-state index is 6.11. The van der Waals surface area contributed by atoms with E-state index in [4.69, 9.17) is 26.8 Å². The summed E-state index contributed by atoms with van der Waals surface area (Å²) in [7, 11) is 0. The summed E-state index contributed by atoms with van der Waals surface area (Å²) < 4.78 is 11.1. The number of halogens is 1. The Morgan fingerprint density at radius 3 is 2.38 bits per heavy atom. The highest BCUT2D eigenvalue weighted by molar-refractivity contribution is 7.99. The number of benzene rings is 2. The minimum atomic E-state index is 0.601. The molecule has 21 heavy (non-hydrogen) atoms. The normalized spacial score (nSPS) is 10.4. The van der Waals surface area contributed by atoms with Gasteiger partial charge in [-0.25, -0.2) is 0 Å². The Morgan fingerprint density at radius 1 is 1.05 bits per heavy atom. The molecular formula is C16H18ClNO2S. The second-order valence-corrected chi connectivity index (χ2v) is 5.84. The van der Waals surface area contributed by atoms with E-state index in [1.807, 2.05) is 43.3 Å². The molecule has 5 heteroatoms. The van der Waals surface area contributed by atoms with Crippen LogP contribution in [-0.4, -0.2) is 19.0 Å². The van der Waals surface area contributed by atoms with Crippen molar-refractivity contribution in [3.05, 3.63) is 47.5 Å². The second-order valence-electron chi connectivity index (χ2n) is 4.29. The van der Waals surface area contributed by atoms with Crippen molar-refractivity contribution < 1.29 is 9.47 Å². The third-order valence-corrected chi connectivity index (χ3v) is 4.16. The Kier molecular flexibility index (Phi) is 6.08. The highest BCUT2D eigenvalue weighted by Crippen LogP contribution is 2.29. The number of hydrogen-bond acceptors (Lipinski definition) is 4. The summed E-state index contributed by atoms with van der Waals surface area (Å²) in [5.74, 6) is 2.49. The molecule has 2 aromatic carbocycles. The fourth-order valence-electron chi connectivity index (χ4n) is 1.74. The molecule has 112 valence electrons. The average Bonchev–Trinajstić information content (AvgIpc) is 2.49. The summed E-state index contributed by atoms with van der Waals surface area (Å²) in [4.78, 5) is 0.979. The predicted molar refractivity (Wildman–Crippen MR) is 89.7 cm³/mol. The fraction of sp³-hybridized carbons (Fsp3) is 0.250. The SMILES string of the molecule is CCOc1ccc(OCCSc2cc(N)ccc2Cl)cc1. The van der Waals surface area contributed by atoms with Gasteiger partial charge in [0.1, 0.15) is 11.5 Å². The van der Waals surface area contributed by atoms with Crippen molar-refractivity contribution in [3.8, 4) is 11.5 Å². The molecule has 0 heterocycles. The van der Waals surface area contributed by atoms with E-state index in [-0.39, 0.29) is 0 Å². The molecular weight excluding hydrogens is 306 g/mol. The van der Waals surface area contributed by atoms with Crippen LogP contribution in [0.1, 0.15) is 6.92 Å². The van der Waals surface area contributed by atoms with Crippen LogP contribution in [0.4, 0.5) is 5.69 Å². The van der Waals surface area contributed by atoms with Gasteiger partial charge in [0.25, 0.3) is 0 Å². The first-order valence-corrected chi connectivity index (χ1v) is 8.09. The summed E-state index contributed by atoms with van der Waals surface area (Å²) in [6.07, 6.45) is 0. The molecule has 0 aliphatic rings. The van der Waals surface area contributed by atoms with Crippen molar-refractivity contribution in [2.24, 2.45) is 0 Å². The zero-order valence-corrected chi connectivity index (χ0v) is 13.4. The molecule has 0 unspecified atom stereocenters. The number of nitrogen functional groups attached to an aromatic ring is 1. The van der Waals surface area contributed by atoms with E-state index in [0.717, 1.165) is 27.2 Å². The summed E-state index contributed by atoms with van der Waals surface area (Å²) in [5, 5.41) is 0.718. The van der Waals surface area contributed by atoms with Gasteiger partial charge in [-0.15, -0.1) is 11.8 Å². The number of hydrogen-bond donors (Lipinski definition) is 1. The number of anilines is 1. The first-order valence-electron chi connectivity index (χ1n) is 6.72. The van der Waals surface area contributed by atoms with Gasteiger partial charge in [-0.3, -0.25) is 0 Å².